The fourth-order valence-corrected chi connectivity index (χ4v) is 1.29. The zero-order valence-electron chi connectivity index (χ0n) is 7.61. The van der Waals surface area contributed by atoms with E-state index < -0.39 is 11.6 Å². The monoisotopic (exact) mass is 207 g/mol. The van der Waals surface area contributed by atoms with Crippen molar-refractivity contribution >= 4 is 0 Å². The number of aromatic nitrogens is 1. The van der Waals surface area contributed by atoms with E-state index in [1.165, 1.54) is 6.20 Å². The van der Waals surface area contributed by atoms with E-state index in [-0.39, 0.29) is 11.3 Å². The average Bonchev–Trinajstić information content (AvgIpc) is 2.25. The molecule has 0 amide bonds. The summed E-state index contributed by atoms with van der Waals surface area (Å²) in [4.78, 5) is 3.83. The summed E-state index contributed by atoms with van der Waals surface area (Å²) < 4.78 is 25.7. The van der Waals surface area contributed by atoms with Crippen LogP contribution < -0.4 is 0 Å². The highest BCUT2D eigenvalue weighted by molar-refractivity contribution is 5.69. The van der Waals surface area contributed by atoms with Crippen molar-refractivity contribution in [2.45, 2.75) is 0 Å². The van der Waals surface area contributed by atoms with E-state index in [1.807, 2.05) is 0 Å². The van der Waals surface area contributed by atoms with Crippen molar-refractivity contribution in [1.29, 1.82) is 0 Å². The van der Waals surface area contributed by atoms with E-state index >= 15 is 0 Å². The van der Waals surface area contributed by atoms with Crippen LogP contribution in [-0.2, 0) is 0 Å². The van der Waals surface area contributed by atoms with Gasteiger partial charge in [-0.3, -0.25) is 4.98 Å². The van der Waals surface area contributed by atoms with Gasteiger partial charge in [-0.1, -0.05) is 6.07 Å². The molecule has 0 spiro atoms. The lowest BCUT2D eigenvalue weighted by Gasteiger charge is -2.04. The van der Waals surface area contributed by atoms with E-state index in [1.54, 1.807) is 18.3 Å². The largest absolute Gasteiger partial charge is 0.507 e. The molecule has 0 aliphatic rings. The van der Waals surface area contributed by atoms with Crippen molar-refractivity contribution in [3.63, 3.8) is 0 Å². The van der Waals surface area contributed by atoms with Gasteiger partial charge in [0.15, 0.2) is 11.6 Å². The lowest BCUT2D eigenvalue weighted by atomic mass is 10.1. The molecule has 1 aromatic carbocycles. The van der Waals surface area contributed by atoms with E-state index in [0.717, 1.165) is 12.1 Å². The average molecular weight is 207 g/mol. The Hall–Kier alpha value is -1.97. The molecule has 1 aromatic heterocycles. The summed E-state index contributed by atoms with van der Waals surface area (Å²) in [5.41, 5.74) is 0.760. The van der Waals surface area contributed by atoms with Crippen LogP contribution in [-0.4, -0.2) is 10.1 Å². The lowest BCUT2D eigenvalue weighted by Crippen LogP contribution is -1.87. The first kappa shape index (κ1) is 9.58. The van der Waals surface area contributed by atoms with Gasteiger partial charge in [0.1, 0.15) is 5.75 Å². The Kier molecular flexibility index (Phi) is 2.33. The van der Waals surface area contributed by atoms with Gasteiger partial charge in [-0.05, 0) is 12.1 Å². The molecule has 1 heterocycles. The van der Waals surface area contributed by atoms with Crippen molar-refractivity contribution in [1.82, 2.24) is 4.98 Å². The second-order valence-electron chi connectivity index (χ2n) is 3.03. The summed E-state index contributed by atoms with van der Waals surface area (Å²) in [5, 5.41) is 9.43. The molecular formula is C11H7F2NO. The van der Waals surface area contributed by atoms with Gasteiger partial charge in [0.05, 0.1) is 0 Å². The first-order valence-electron chi connectivity index (χ1n) is 4.27. The molecule has 2 rings (SSSR count). The zero-order chi connectivity index (χ0) is 10.8. The van der Waals surface area contributed by atoms with E-state index in [2.05, 4.69) is 4.98 Å². The maximum absolute atomic E-state index is 12.9. The van der Waals surface area contributed by atoms with Gasteiger partial charge in [0.25, 0.3) is 0 Å². The third-order valence-corrected chi connectivity index (χ3v) is 2.01. The predicted octanol–water partition coefficient (Wildman–Crippen LogP) is 2.73. The molecule has 0 fully saturated rings. The number of rotatable bonds is 1. The minimum atomic E-state index is -1.07. The molecule has 0 bridgehead atoms. The van der Waals surface area contributed by atoms with Crippen molar-refractivity contribution < 1.29 is 13.9 Å². The third kappa shape index (κ3) is 1.79. The highest BCUT2D eigenvalue weighted by Crippen LogP contribution is 2.30. The molecule has 0 atom stereocenters. The number of hydrogen-bond acceptors (Lipinski definition) is 2. The fraction of sp³-hybridized carbons (Fsp3) is 0. The second kappa shape index (κ2) is 3.65. The van der Waals surface area contributed by atoms with Gasteiger partial charge in [-0.2, -0.15) is 0 Å². The van der Waals surface area contributed by atoms with Gasteiger partial charge >= 0.3 is 0 Å². The molecule has 0 aliphatic heterocycles. The van der Waals surface area contributed by atoms with Crippen LogP contribution >= 0.6 is 0 Å². The summed E-state index contributed by atoms with van der Waals surface area (Å²) in [6.07, 6.45) is 3.02. The molecule has 0 aliphatic carbocycles. The number of halogens is 2. The van der Waals surface area contributed by atoms with Crippen LogP contribution in [0.25, 0.3) is 11.1 Å². The summed E-state index contributed by atoms with van der Waals surface area (Å²) >= 11 is 0. The molecule has 2 nitrogen and oxygen atoms in total. The number of pyridine rings is 1. The van der Waals surface area contributed by atoms with Gasteiger partial charge in [0.2, 0.25) is 0 Å². The van der Waals surface area contributed by atoms with Crippen molar-refractivity contribution in [3.05, 3.63) is 48.3 Å². The number of phenolic OH excluding ortho intramolecular Hbond substituents is 1. The molecule has 76 valence electrons. The molecule has 0 saturated carbocycles. The Morgan fingerprint density at radius 1 is 1.13 bits per heavy atom. The SMILES string of the molecule is Oc1cc(F)c(F)cc1-c1cccnc1. The standard InChI is InChI=1S/C11H7F2NO/c12-9-4-8(11(15)5-10(9)13)7-2-1-3-14-6-7/h1-6,15H. The Balaban J connectivity index is 2.59. The first-order chi connectivity index (χ1) is 7.18. The summed E-state index contributed by atoms with van der Waals surface area (Å²) in [6, 6.07) is 4.99. The van der Waals surface area contributed by atoms with Crippen LogP contribution in [0, 0.1) is 11.6 Å². The minimum absolute atomic E-state index is 0.224. The van der Waals surface area contributed by atoms with Crippen molar-refractivity contribution in [3.8, 4) is 16.9 Å². The molecule has 1 N–H and O–H groups in total. The third-order valence-electron chi connectivity index (χ3n) is 2.01. The summed E-state index contributed by atoms with van der Waals surface area (Å²) in [5.74, 6) is -2.37. The van der Waals surface area contributed by atoms with Crippen LogP contribution in [0.2, 0.25) is 0 Å². The first-order valence-corrected chi connectivity index (χ1v) is 4.27. The molecule has 0 unspecified atom stereocenters. The Morgan fingerprint density at radius 3 is 2.53 bits per heavy atom. The molecule has 0 radical (unpaired) electrons. The molecule has 0 saturated heterocycles. The van der Waals surface area contributed by atoms with Crippen LogP contribution in [0.5, 0.6) is 5.75 Å². The number of hydrogen-bond donors (Lipinski definition) is 1. The predicted molar refractivity (Wildman–Crippen MR) is 51.3 cm³/mol. The molecule has 15 heavy (non-hydrogen) atoms. The van der Waals surface area contributed by atoms with E-state index in [9.17, 15) is 13.9 Å². The number of benzene rings is 1. The Labute approximate surface area is 84.8 Å². The van der Waals surface area contributed by atoms with Crippen LogP contribution in [0.3, 0.4) is 0 Å². The quantitative estimate of drug-likeness (QED) is 0.779. The van der Waals surface area contributed by atoms with Gasteiger partial charge in [-0.25, -0.2) is 8.78 Å². The summed E-state index contributed by atoms with van der Waals surface area (Å²) in [7, 11) is 0. The molecule has 4 heteroatoms. The minimum Gasteiger partial charge on any atom is -0.507 e. The van der Waals surface area contributed by atoms with Crippen molar-refractivity contribution in [2.24, 2.45) is 0 Å². The lowest BCUT2D eigenvalue weighted by molar-refractivity contribution is 0.457. The van der Waals surface area contributed by atoms with Gasteiger partial charge in [-0.15, -0.1) is 0 Å². The topological polar surface area (TPSA) is 33.1 Å². The van der Waals surface area contributed by atoms with Crippen LogP contribution in [0.15, 0.2) is 36.7 Å². The van der Waals surface area contributed by atoms with Crippen LogP contribution in [0.1, 0.15) is 0 Å². The maximum Gasteiger partial charge on any atom is 0.162 e. The zero-order valence-corrected chi connectivity index (χ0v) is 7.61. The molecule has 2 aromatic rings. The van der Waals surface area contributed by atoms with Crippen molar-refractivity contribution in [2.75, 3.05) is 0 Å². The smallest absolute Gasteiger partial charge is 0.162 e. The summed E-state index contributed by atoms with van der Waals surface area (Å²) in [6.45, 7) is 0. The second-order valence-corrected chi connectivity index (χ2v) is 3.03. The maximum atomic E-state index is 12.9. The van der Waals surface area contributed by atoms with E-state index in [4.69, 9.17) is 0 Å². The number of phenols is 1. The highest BCUT2D eigenvalue weighted by atomic mass is 19.2. The van der Waals surface area contributed by atoms with Gasteiger partial charge in [0, 0.05) is 29.6 Å². The Morgan fingerprint density at radius 2 is 1.87 bits per heavy atom. The van der Waals surface area contributed by atoms with Gasteiger partial charge < -0.3 is 5.11 Å². The van der Waals surface area contributed by atoms with E-state index in [0.29, 0.717) is 5.56 Å². The highest BCUT2D eigenvalue weighted by Gasteiger charge is 2.10. The number of aromatic hydroxyl groups is 1. The number of nitrogens with zero attached hydrogens (tertiary/aromatic N) is 1. The fourth-order valence-electron chi connectivity index (χ4n) is 1.29. The molecular weight excluding hydrogens is 200 g/mol. The normalized spacial score (nSPS) is 10.3. The Bertz CT molecular complexity index is 485. The van der Waals surface area contributed by atoms with Crippen LogP contribution in [0.4, 0.5) is 8.78 Å².